The zero-order valence-electron chi connectivity index (χ0n) is 17.4. The number of ether oxygens (including phenoxy) is 1. The van der Waals surface area contributed by atoms with Crippen molar-refractivity contribution in [1.29, 1.82) is 0 Å². The van der Waals surface area contributed by atoms with Crippen LogP contribution in [0.15, 0.2) is 84.0 Å². The molecule has 0 aliphatic heterocycles. The molecule has 0 spiro atoms. The van der Waals surface area contributed by atoms with Crippen LogP contribution >= 0.6 is 23.4 Å². The second kappa shape index (κ2) is 10.3. The predicted molar refractivity (Wildman–Crippen MR) is 128 cm³/mol. The first-order valence-corrected chi connectivity index (χ1v) is 11.3. The third kappa shape index (κ3) is 5.30. The summed E-state index contributed by atoms with van der Waals surface area (Å²) in [6.07, 6.45) is 0. The molecule has 8 heteroatoms. The Morgan fingerprint density at radius 2 is 1.72 bits per heavy atom. The highest BCUT2D eigenvalue weighted by atomic mass is 35.5. The molecule has 3 aromatic carbocycles. The summed E-state index contributed by atoms with van der Waals surface area (Å²) < 4.78 is 7.31. The lowest BCUT2D eigenvalue weighted by molar-refractivity contribution is -0.113. The Labute approximate surface area is 195 Å². The molecule has 0 aliphatic carbocycles. The third-order valence-electron chi connectivity index (χ3n) is 4.72. The number of nitrogens with one attached hydrogen (secondary N) is 1. The molecule has 1 aromatic heterocycles. The Balaban J connectivity index is 1.55. The van der Waals surface area contributed by atoms with Crippen LogP contribution < -0.4 is 10.1 Å². The first kappa shape index (κ1) is 21.9. The number of halogens is 1. The van der Waals surface area contributed by atoms with Gasteiger partial charge >= 0.3 is 0 Å². The van der Waals surface area contributed by atoms with E-state index in [2.05, 4.69) is 27.6 Å². The van der Waals surface area contributed by atoms with Crippen LogP contribution in [0.5, 0.6) is 5.75 Å². The molecule has 4 rings (SSSR count). The fourth-order valence-corrected chi connectivity index (χ4v) is 4.04. The van der Waals surface area contributed by atoms with Gasteiger partial charge in [-0.15, -0.1) is 10.2 Å². The minimum absolute atomic E-state index is 0.151. The first-order valence-electron chi connectivity index (χ1n) is 9.93. The van der Waals surface area contributed by atoms with Crippen molar-refractivity contribution in [1.82, 2.24) is 14.8 Å². The fraction of sp³-hybridized carbons (Fsp3) is 0.125. The van der Waals surface area contributed by atoms with Gasteiger partial charge in [-0.2, -0.15) is 0 Å². The van der Waals surface area contributed by atoms with Crippen LogP contribution in [0.1, 0.15) is 5.56 Å². The SMILES string of the molecule is COc1ccccc1NC(=O)CSc1nnc(-c2ccc(Cl)cc2)n1Cc1ccccc1. The number of para-hydroxylation sites is 2. The molecule has 0 bridgehead atoms. The number of methoxy groups -OCH3 is 1. The smallest absolute Gasteiger partial charge is 0.234 e. The number of hydrogen-bond acceptors (Lipinski definition) is 5. The van der Waals surface area contributed by atoms with Crippen molar-refractivity contribution < 1.29 is 9.53 Å². The summed E-state index contributed by atoms with van der Waals surface area (Å²) in [7, 11) is 1.57. The summed E-state index contributed by atoms with van der Waals surface area (Å²) in [4.78, 5) is 12.6. The summed E-state index contributed by atoms with van der Waals surface area (Å²) >= 11 is 7.38. The average Bonchev–Trinajstić information content (AvgIpc) is 3.21. The van der Waals surface area contributed by atoms with Crippen molar-refractivity contribution in [3.63, 3.8) is 0 Å². The molecule has 1 N–H and O–H groups in total. The Hall–Kier alpha value is -3.29. The summed E-state index contributed by atoms with van der Waals surface area (Å²) in [5.74, 6) is 1.37. The lowest BCUT2D eigenvalue weighted by Crippen LogP contribution is -2.15. The summed E-state index contributed by atoms with van der Waals surface area (Å²) in [6.45, 7) is 0.586. The number of benzene rings is 3. The van der Waals surface area contributed by atoms with E-state index in [4.69, 9.17) is 16.3 Å². The number of hydrogen-bond donors (Lipinski definition) is 1. The number of thioether (sulfide) groups is 1. The molecule has 0 atom stereocenters. The van der Waals surface area contributed by atoms with E-state index >= 15 is 0 Å². The topological polar surface area (TPSA) is 69.0 Å². The second-order valence-electron chi connectivity index (χ2n) is 6.92. The van der Waals surface area contributed by atoms with Gasteiger partial charge in [-0.05, 0) is 42.0 Å². The van der Waals surface area contributed by atoms with Crippen LogP contribution in [-0.4, -0.2) is 33.5 Å². The average molecular weight is 465 g/mol. The molecule has 0 radical (unpaired) electrons. The molecule has 0 saturated carbocycles. The minimum Gasteiger partial charge on any atom is -0.495 e. The normalized spacial score (nSPS) is 10.7. The Kier molecular flexibility index (Phi) is 7.09. The Morgan fingerprint density at radius 3 is 2.47 bits per heavy atom. The molecule has 0 fully saturated rings. The van der Waals surface area contributed by atoms with Crippen LogP contribution in [-0.2, 0) is 11.3 Å². The molecule has 162 valence electrons. The van der Waals surface area contributed by atoms with E-state index in [1.54, 1.807) is 19.2 Å². The molecular formula is C24H21ClN4O2S. The van der Waals surface area contributed by atoms with Crippen molar-refractivity contribution in [2.45, 2.75) is 11.7 Å². The Morgan fingerprint density at radius 1 is 1.00 bits per heavy atom. The van der Waals surface area contributed by atoms with E-state index < -0.39 is 0 Å². The monoisotopic (exact) mass is 464 g/mol. The van der Waals surface area contributed by atoms with Crippen molar-refractivity contribution in [2.24, 2.45) is 0 Å². The zero-order chi connectivity index (χ0) is 22.3. The number of anilines is 1. The molecule has 32 heavy (non-hydrogen) atoms. The largest absolute Gasteiger partial charge is 0.495 e. The highest BCUT2D eigenvalue weighted by Crippen LogP contribution is 2.27. The van der Waals surface area contributed by atoms with E-state index in [1.807, 2.05) is 59.2 Å². The van der Waals surface area contributed by atoms with Gasteiger partial charge in [-0.25, -0.2) is 0 Å². The fourth-order valence-electron chi connectivity index (χ4n) is 3.18. The highest BCUT2D eigenvalue weighted by Gasteiger charge is 2.17. The van der Waals surface area contributed by atoms with Crippen LogP contribution in [0.25, 0.3) is 11.4 Å². The lowest BCUT2D eigenvalue weighted by atomic mass is 10.2. The van der Waals surface area contributed by atoms with Crippen molar-refractivity contribution in [2.75, 3.05) is 18.2 Å². The highest BCUT2D eigenvalue weighted by molar-refractivity contribution is 7.99. The van der Waals surface area contributed by atoms with Gasteiger partial charge in [-0.3, -0.25) is 9.36 Å². The third-order valence-corrected chi connectivity index (χ3v) is 5.93. The van der Waals surface area contributed by atoms with Crippen molar-refractivity contribution in [3.05, 3.63) is 89.4 Å². The van der Waals surface area contributed by atoms with E-state index in [1.165, 1.54) is 11.8 Å². The molecule has 1 amide bonds. The number of carbonyl (C=O) groups is 1. The van der Waals surface area contributed by atoms with Gasteiger partial charge in [0.15, 0.2) is 11.0 Å². The number of amides is 1. The van der Waals surface area contributed by atoms with E-state index in [0.29, 0.717) is 28.2 Å². The molecule has 1 heterocycles. The number of nitrogens with zero attached hydrogens (tertiary/aromatic N) is 3. The van der Waals surface area contributed by atoms with Gasteiger partial charge in [-0.1, -0.05) is 65.8 Å². The maximum Gasteiger partial charge on any atom is 0.234 e. The molecule has 0 saturated heterocycles. The molecule has 6 nitrogen and oxygen atoms in total. The van der Waals surface area contributed by atoms with Gasteiger partial charge in [0.1, 0.15) is 5.75 Å². The molecular weight excluding hydrogens is 444 g/mol. The molecule has 0 unspecified atom stereocenters. The summed E-state index contributed by atoms with van der Waals surface area (Å²) in [6, 6.07) is 24.9. The van der Waals surface area contributed by atoms with Gasteiger partial charge in [0.05, 0.1) is 25.1 Å². The molecule has 4 aromatic rings. The zero-order valence-corrected chi connectivity index (χ0v) is 18.9. The lowest BCUT2D eigenvalue weighted by Gasteiger charge is -2.11. The van der Waals surface area contributed by atoms with Crippen LogP contribution in [0.4, 0.5) is 5.69 Å². The summed E-state index contributed by atoms with van der Waals surface area (Å²) in [5.41, 5.74) is 2.65. The second-order valence-corrected chi connectivity index (χ2v) is 8.30. The van der Waals surface area contributed by atoms with Gasteiger partial charge < -0.3 is 10.1 Å². The minimum atomic E-state index is -0.151. The van der Waals surface area contributed by atoms with Crippen LogP contribution in [0, 0.1) is 0 Å². The van der Waals surface area contributed by atoms with E-state index in [9.17, 15) is 4.79 Å². The molecule has 0 aliphatic rings. The summed E-state index contributed by atoms with van der Waals surface area (Å²) in [5, 5.41) is 13.0. The number of carbonyl (C=O) groups excluding carboxylic acids is 1. The maximum absolute atomic E-state index is 12.6. The van der Waals surface area contributed by atoms with E-state index in [-0.39, 0.29) is 11.7 Å². The quantitative estimate of drug-likeness (QED) is 0.354. The standard InChI is InChI=1S/C24H21ClN4O2S/c1-31-21-10-6-5-9-20(21)26-22(30)16-32-24-28-27-23(18-11-13-19(25)14-12-18)29(24)15-17-7-3-2-4-8-17/h2-14H,15-16H2,1H3,(H,26,30). The predicted octanol–water partition coefficient (Wildman–Crippen LogP) is 5.39. The van der Waals surface area contributed by atoms with Gasteiger partial charge in [0, 0.05) is 10.6 Å². The number of aromatic nitrogens is 3. The van der Waals surface area contributed by atoms with Crippen molar-refractivity contribution in [3.8, 4) is 17.1 Å². The van der Waals surface area contributed by atoms with Gasteiger partial charge in [0.2, 0.25) is 5.91 Å². The van der Waals surface area contributed by atoms with E-state index in [0.717, 1.165) is 17.0 Å². The van der Waals surface area contributed by atoms with Crippen LogP contribution in [0.3, 0.4) is 0 Å². The first-order chi connectivity index (χ1) is 15.6. The van der Waals surface area contributed by atoms with Crippen LogP contribution in [0.2, 0.25) is 5.02 Å². The Bertz CT molecular complexity index is 1200. The maximum atomic E-state index is 12.6. The number of rotatable bonds is 8. The van der Waals surface area contributed by atoms with Gasteiger partial charge in [0.25, 0.3) is 0 Å². The van der Waals surface area contributed by atoms with Crippen molar-refractivity contribution >= 4 is 35.0 Å².